The summed E-state index contributed by atoms with van der Waals surface area (Å²) in [5.41, 5.74) is 0.986. The first-order chi connectivity index (χ1) is 9.06. The Bertz CT molecular complexity index is 573. The monoisotopic (exact) mass is 286 g/mol. The van der Waals surface area contributed by atoms with Gasteiger partial charge in [0, 0.05) is 17.6 Å². The number of anilines is 1. The predicted molar refractivity (Wildman–Crippen MR) is 67.8 cm³/mol. The molecular weight excluding hydrogens is 277 g/mol. The fourth-order valence-electron chi connectivity index (χ4n) is 1.54. The topological polar surface area (TPSA) is 24.9 Å². The van der Waals surface area contributed by atoms with Gasteiger partial charge in [-0.3, -0.25) is 0 Å². The predicted octanol–water partition coefficient (Wildman–Crippen LogP) is 3.81. The van der Waals surface area contributed by atoms with Crippen LogP contribution in [0.2, 0.25) is 5.02 Å². The lowest BCUT2D eigenvalue weighted by molar-refractivity contribution is 0.466. The van der Waals surface area contributed by atoms with Gasteiger partial charge < -0.3 is 5.32 Å². The zero-order chi connectivity index (χ0) is 13.8. The van der Waals surface area contributed by atoms with Gasteiger partial charge >= 0.3 is 0 Å². The van der Waals surface area contributed by atoms with E-state index in [2.05, 4.69) is 10.3 Å². The number of rotatable bonds is 4. The summed E-state index contributed by atoms with van der Waals surface area (Å²) in [6.45, 7) is 0.344. The molecule has 0 saturated heterocycles. The second-order valence-electron chi connectivity index (χ2n) is 3.89. The summed E-state index contributed by atoms with van der Waals surface area (Å²) in [5.74, 6) is -3.85. The van der Waals surface area contributed by atoms with Gasteiger partial charge in [0.25, 0.3) is 5.95 Å². The maximum absolute atomic E-state index is 13.3. The average molecular weight is 287 g/mol. The van der Waals surface area contributed by atoms with Crippen molar-refractivity contribution in [3.05, 3.63) is 58.5 Å². The largest absolute Gasteiger partial charge is 0.367 e. The molecule has 0 unspecified atom stereocenters. The van der Waals surface area contributed by atoms with Gasteiger partial charge in [0.2, 0.25) is 0 Å². The SMILES string of the molecule is Fc1cc(F)c(NCCc2ccc(Cl)cc2)nc1F. The van der Waals surface area contributed by atoms with Crippen LogP contribution in [0, 0.1) is 17.6 Å². The highest BCUT2D eigenvalue weighted by atomic mass is 35.5. The molecule has 0 radical (unpaired) electrons. The number of nitrogens with zero attached hydrogens (tertiary/aromatic N) is 1. The van der Waals surface area contributed by atoms with E-state index in [1.807, 2.05) is 12.1 Å². The minimum Gasteiger partial charge on any atom is -0.367 e. The van der Waals surface area contributed by atoms with E-state index < -0.39 is 17.6 Å². The Balaban J connectivity index is 1.96. The molecule has 1 N–H and O–H groups in total. The molecule has 1 heterocycles. The van der Waals surface area contributed by atoms with Crippen molar-refractivity contribution in [2.75, 3.05) is 11.9 Å². The second kappa shape index (κ2) is 5.93. The van der Waals surface area contributed by atoms with Crippen LogP contribution in [0.5, 0.6) is 0 Å². The highest BCUT2D eigenvalue weighted by Gasteiger charge is 2.10. The van der Waals surface area contributed by atoms with Crippen LogP contribution in [0.3, 0.4) is 0 Å². The lowest BCUT2D eigenvalue weighted by Gasteiger charge is -2.07. The van der Waals surface area contributed by atoms with E-state index in [9.17, 15) is 13.2 Å². The van der Waals surface area contributed by atoms with Gasteiger partial charge in [-0.1, -0.05) is 23.7 Å². The maximum Gasteiger partial charge on any atom is 0.251 e. The fourth-order valence-corrected chi connectivity index (χ4v) is 1.67. The van der Waals surface area contributed by atoms with Crippen LogP contribution in [0.15, 0.2) is 30.3 Å². The molecule has 1 aromatic carbocycles. The minimum atomic E-state index is -1.32. The summed E-state index contributed by atoms with van der Waals surface area (Å²) < 4.78 is 38.8. The first kappa shape index (κ1) is 13.7. The standard InChI is InChI=1S/C13H10ClF3N2/c14-9-3-1-8(2-4-9)5-6-18-13-11(16)7-10(15)12(17)19-13/h1-4,7H,5-6H2,(H,18,19). The Morgan fingerprint density at radius 3 is 2.42 bits per heavy atom. The van der Waals surface area contributed by atoms with Gasteiger partial charge in [-0.25, -0.2) is 8.78 Å². The molecule has 1 aromatic heterocycles. The van der Waals surface area contributed by atoms with Crippen molar-refractivity contribution in [1.29, 1.82) is 0 Å². The number of nitrogens with one attached hydrogen (secondary N) is 1. The molecule has 0 spiro atoms. The van der Waals surface area contributed by atoms with Gasteiger partial charge in [-0.15, -0.1) is 0 Å². The zero-order valence-corrected chi connectivity index (χ0v) is 10.5. The summed E-state index contributed by atoms with van der Waals surface area (Å²) in [7, 11) is 0. The third kappa shape index (κ3) is 3.61. The molecule has 0 amide bonds. The fraction of sp³-hybridized carbons (Fsp3) is 0.154. The Labute approximate surface area is 113 Å². The molecular formula is C13H10ClF3N2. The normalized spacial score (nSPS) is 10.5. The smallest absolute Gasteiger partial charge is 0.251 e. The molecule has 6 heteroatoms. The lowest BCUT2D eigenvalue weighted by atomic mass is 10.1. The second-order valence-corrected chi connectivity index (χ2v) is 4.33. The summed E-state index contributed by atoms with van der Waals surface area (Å²) in [4.78, 5) is 3.17. The number of hydrogen-bond donors (Lipinski definition) is 1. The first-order valence-corrected chi connectivity index (χ1v) is 5.94. The van der Waals surface area contributed by atoms with Crippen molar-refractivity contribution in [3.63, 3.8) is 0 Å². The molecule has 100 valence electrons. The summed E-state index contributed by atoms with van der Waals surface area (Å²) >= 11 is 5.74. The van der Waals surface area contributed by atoms with Crippen molar-refractivity contribution < 1.29 is 13.2 Å². The Hall–Kier alpha value is -1.75. The molecule has 0 aliphatic heterocycles. The van der Waals surface area contributed by atoms with Crippen molar-refractivity contribution >= 4 is 17.4 Å². The van der Waals surface area contributed by atoms with E-state index >= 15 is 0 Å². The van der Waals surface area contributed by atoms with E-state index in [-0.39, 0.29) is 5.82 Å². The number of pyridine rings is 1. The third-order valence-electron chi connectivity index (χ3n) is 2.51. The molecule has 0 aliphatic rings. The average Bonchev–Trinajstić information content (AvgIpc) is 2.38. The van der Waals surface area contributed by atoms with Crippen LogP contribution in [0.4, 0.5) is 19.0 Å². The molecule has 2 rings (SSSR count). The van der Waals surface area contributed by atoms with Crippen molar-refractivity contribution in [3.8, 4) is 0 Å². The molecule has 2 nitrogen and oxygen atoms in total. The van der Waals surface area contributed by atoms with E-state index in [0.29, 0.717) is 24.1 Å². The number of aromatic nitrogens is 1. The van der Waals surface area contributed by atoms with E-state index in [0.717, 1.165) is 5.56 Å². The highest BCUT2D eigenvalue weighted by Crippen LogP contribution is 2.15. The lowest BCUT2D eigenvalue weighted by Crippen LogP contribution is -2.09. The Kier molecular flexibility index (Phi) is 4.27. The molecule has 0 bridgehead atoms. The van der Waals surface area contributed by atoms with Crippen LogP contribution < -0.4 is 5.32 Å². The molecule has 19 heavy (non-hydrogen) atoms. The first-order valence-electron chi connectivity index (χ1n) is 5.56. The molecule has 0 atom stereocenters. The third-order valence-corrected chi connectivity index (χ3v) is 2.76. The van der Waals surface area contributed by atoms with Gasteiger partial charge in [-0.05, 0) is 24.1 Å². The zero-order valence-electron chi connectivity index (χ0n) is 9.76. The number of halogens is 4. The summed E-state index contributed by atoms with van der Waals surface area (Å²) in [6, 6.07) is 7.62. The summed E-state index contributed by atoms with van der Waals surface area (Å²) in [6.07, 6.45) is 0.581. The Morgan fingerprint density at radius 1 is 1.05 bits per heavy atom. The Morgan fingerprint density at radius 2 is 1.74 bits per heavy atom. The number of hydrogen-bond acceptors (Lipinski definition) is 2. The van der Waals surface area contributed by atoms with Crippen molar-refractivity contribution in [2.45, 2.75) is 6.42 Å². The molecule has 2 aromatic rings. The van der Waals surface area contributed by atoms with E-state index in [1.54, 1.807) is 12.1 Å². The van der Waals surface area contributed by atoms with Crippen molar-refractivity contribution in [2.24, 2.45) is 0 Å². The quantitative estimate of drug-likeness (QED) is 0.865. The minimum absolute atomic E-state index is 0.298. The van der Waals surface area contributed by atoms with Crippen LogP contribution in [-0.4, -0.2) is 11.5 Å². The molecule has 0 aliphatic carbocycles. The molecule has 0 fully saturated rings. The summed E-state index contributed by atoms with van der Waals surface area (Å²) in [5, 5.41) is 3.25. The van der Waals surface area contributed by atoms with Crippen LogP contribution in [0.25, 0.3) is 0 Å². The van der Waals surface area contributed by atoms with Gasteiger partial charge in [0.05, 0.1) is 0 Å². The van der Waals surface area contributed by atoms with E-state index in [1.165, 1.54) is 0 Å². The van der Waals surface area contributed by atoms with Gasteiger partial charge in [-0.2, -0.15) is 9.37 Å². The van der Waals surface area contributed by atoms with Crippen LogP contribution in [0.1, 0.15) is 5.56 Å². The number of benzene rings is 1. The van der Waals surface area contributed by atoms with E-state index in [4.69, 9.17) is 11.6 Å². The van der Waals surface area contributed by atoms with Crippen molar-refractivity contribution in [1.82, 2.24) is 4.98 Å². The molecule has 0 saturated carbocycles. The van der Waals surface area contributed by atoms with Crippen LogP contribution >= 0.6 is 11.6 Å². The van der Waals surface area contributed by atoms with Crippen LogP contribution in [-0.2, 0) is 6.42 Å². The van der Waals surface area contributed by atoms with Gasteiger partial charge in [0.1, 0.15) is 0 Å². The highest BCUT2D eigenvalue weighted by molar-refractivity contribution is 6.30. The maximum atomic E-state index is 13.3. The van der Waals surface area contributed by atoms with Gasteiger partial charge in [0.15, 0.2) is 17.5 Å².